The summed E-state index contributed by atoms with van der Waals surface area (Å²) in [5.41, 5.74) is 3.31. The third-order valence-electron chi connectivity index (χ3n) is 6.12. The van der Waals surface area contributed by atoms with Crippen molar-refractivity contribution in [2.45, 2.75) is 32.7 Å². The molecule has 2 unspecified atom stereocenters. The topological polar surface area (TPSA) is 46.6 Å². The van der Waals surface area contributed by atoms with Crippen LogP contribution in [-0.4, -0.2) is 23.6 Å². The summed E-state index contributed by atoms with van der Waals surface area (Å²) in [7, 11) is 1.62. The highest BCUT2D eigenvalue weighted by Crippen LogP contribution is 2.35. The van der Waals surface area contributed by atoms with Crippen molar-refractivity contribution in [3.63, 3.8) is 0 Å². The molecular weight excluding hydrogens is 393 g/mol. The lowest BCUT2D eigenvalue weighted by Gasteiger charge is -2.30. The number of hydrogen-bond donors (Lipinski definition) is 0. The van der Waals surface area contributed by atoms with Gasteiger partial charge in [0.05, 0.1) is 7.11 Å². The molecule has 0 N–H and O–H groups in total. The number of aryl methyl sites for hydroxylation is 1. The molecule has 1 aliphatic heterocycles. The van der Waals surface area contributed by atoms with E-state index in [1.54, 1.807) is 20.1 Å². The quantitative estimate of drug-likeness (QED) is 0.655. The van der Waals surface area contributed by atoms with Crippen LogP contribution in [0.5, 0.6) is 5.75 Å². The first-order valence-corrected chi connectivity index (χ1v) is 10.6. The lowest BCUT2D eigenvalue weighted by Crippen LogP contribution is -2.28. The summed E-state index contributed by atoms with van der Waals surface area (Å²) in [5, 5.41) is 0. The maximum atomic E-state index is 13.5. The summed E-state index contributed by atoms with van der Waals surface area (Å²) < 4.78 is 18.8. The number of nitrogens with zero attached hydrogens (tertiary/aromatic N) is 1. The second-order valence-electron chi connectivity index (χ2n) is 8.25. The molecule has 0 radical (unpaired) electrons. The van der Waals surface area contributed by atoms with Gasteiger partial charge in [0.25, 0.3) is 0 Å². The van der Waals surface area contributed by atoms with Crippen LogP contribution in [0.25, 0.3) is 0 Å². The molecule has 2 aromatic carbocycles. The maximum Gasteiger partial charge on any atom is 0.166 e. The number of rotatable bonds is 6. The smallest absolute Gasteiger partial charge is 0.166 e. The molecule has 2 atom stereocenters. The highest BCUT2D eigenvalue weighted by molar-refractivity contribution is 6.00. The Balaban J connectivity index is 1.49. The van der Waals surface area contributed by atoms with E-state index in [1.807, 2.05) is 47.6 Å². The van der Waals surface area contributed by atoms with Crippen LogP contribution < -0.4 is 4.74 Å². The number of ketones is 2. The van der Waals surface area contributed by atoms with Crippen LogP contribution in [0.3, 0.4) is 0 Å². The Morgan fingerprint density at radius 1 is 1.23 bits per heavy atom. The van der Waals surface area contributed by atoms with E-state index < -0.39 is 0 Å². The van der Waals surface area contributed by atoms with Gasteiger partial charge in [0.15, 0.2) is 11.6 Å². The summed E-state index contributed by atoms with van der Waals surface area (Å²) in [5.74, 6) is 0.402. The Morgan fingerprint density at radius 3 is 2.81 bits per heavy atom. The van der Waals surface area contributed by atoms with Crippen molar-refractivity contribution in [1.29, 1.82) is 0 Å². The predicted octanol–water partition coefficient (Wildman–Crippen LogP) is 5.09. The highest BCUT2D eigenvalue weighted by Gasteiger charge is 2.32. The Labute approximate surface area is 182 Å². The van der Waals surface area contributed by atoms with Gasteiger partial charge in [0.2, 0.25) is 0 Å². The van der Waals surface area contributed by atoms with Gasteiger partial charge in [-0.3, -0.25) is 9.59 Å². The molecule has 5 heteroatoms. The van der Waals surface area contributed by atoms with Crippen molar-refractivity contribution in [3.8, 4) is 5.75 Å². The molecule has 0 spiro atoms. The Kier molecular flexibility index (Phi) is 6.03. The van der Waals surface area contributed by atoms with Gasteiger partial charge < -0.3 is 9.64 Å². The third kappa shape index (κ3) is 4.61. The van der Waals surface area contributed by atoms with Gasteiger partial charge in [-0.15, -0.1) is 0 Å². The number of Topliss-reactive ketones (excluding diaryl/α,β-unsaturated/α-hetero) is 2. The van der Waals surface area contributed by atoms with E-state index in [0.717, 1.165) is 35.3 Å². The number of hydrogen-bond acceptors (Lipinski definition) is 4. The molecule has 4 nitrogen and oxygen atoms in total. The van der Waals surface area contributed by atoms with Crippen molar-refractivity contribution in [3.05, 3.63) is 89.0 Å². The minimum Gasteiger partial charge on any atom is -0.497 e. The van der Waals surface area contributed by atoms with Crippen LogP contribution in [0.15, 0.2) is 66.5 Å². The fraction of sp³-hybridized carbons (Fsp3) is 0.308. The zero-order valence-electron chi connectivity index (χ0n) is 17.8. The van der Waals surface area contributed by atoms with E-state index >= 15 is 0 Å². The summed E-state index contributed by atoms with van der Waals surface area (Å²) in [4.78, 5) is 27.3. The summed E-state index contributed by atoms with van der Waals surface area (Å²) in [6, 6.07) is 12.1. The molecule has 0 bridgehead atoms. The van der Waals surface area contributed by atoms with Crippen LogP contribution in [0.2, 0.25) is 0 Å². The number of halogens is 1. The summed E-state index contributed by atoms with van der Waals surface area (Å²) in [6.07, 6.45) is 7.96. The van der Waals surface area contributed by atoms with Crippen molar-refractivity contribution in [1.82, 2.24) is 4.90 Å². The van der Waals surface area contributed by atoms with Crippen molar-refractivity contribution >= 4 is 11.6 Å². The molecule has 0 saturated carbocycles. The second kappa shape index (κ2) is 8.88. The molecule has 0 saturated heterocycles. The average molecular weight is 419 g/mol. The highest BCUT2D eigenvalue weighted by atomic mass is 19.1. The third-order valence-corrected chi connectivity index (χ3v) is 6.12. The van der Waals surface area contributed by atoms with E-state index in [9.17, 15) is 14.0 Å². The van der Waals surface area contributed by atoms with Crippen LogP contribution >= 0.6 is 0 Å². The molecule has 2 aliphatic rings. The van der Waals surface area contributed by atoms with E-state index in [0.29, 0.717) is 18.5 Å². The van der Waals surface area contributed by atoms with Crippen molar-refractivity contribution in [2.24, 2.45) is 11.8 Å². The molecule has 1 aliphatic carbocycles. The molecular formula is C26H26FNO3. The lowest BCUT2D eigenvalue weighted by molar-refractivity contribution is -0.114. The molecule has 0 fully saturated rings. The van der Waals surface area contributed by atoms with E-state index in [2.05, 4.69) is 0 Å². The zero-order chi connectivity index (χ0) is 22.0. The van der Waals surface area contributed by atoms with Crippen molar-refractivity contribution < 1.29 is 18.7 Å². The van der Waals surface area contributed by atoms with Crippen LogP contribution in [0, 0.1) is 17.7 Å². The molecule has 2 aromatic rings. The lowest BCUT2D eigenvalue weighted by atomic mass is 9.76. The van der Waals surface area contributed by atoms with Crippen LogP contribution in [0.1, 0.15) is 41.3 Å². The SMILES string of the molecule is COc1ccc2c(c1)CCC(CC1C=CN(Cc3cccc(F)c3)C=C1C(C)=O)C2=O. The number of methoxy groups -OCH3 is 1. The van der Waals surface area contributed by atoms with E-state index in [-0.39, 0.29) is 29.2 Å². The molecule has 31 heavy (non-hydrogen) atoms. The van der Waals surface area contributed by atoms with Gasteiger partial charge in [-0.05, 0) is 67.6 Å². The molecule has 4 rings (SSSR count). The van der Waals surface area contributed by atoms with Gasteiger partial charge in [0.1, 0.15) is 11.6 Å². The van der Waals surface area contributed by atoms with Gasteiger partial charge >= 0.3 is 0 Å². The standard InChI is InChI=1S/C26H26FNO3/c1-17(29)25-16-28(15-18-4-3-5-22(27)12-18)11-10-20(25)13-21-7-6-19-14-23(31-2)8-9-24(19)26(21)30/h3-5,8-12,14,16,20-21H,6-7,13,15H2,1-2H3. The summed E-state index contributed by atoms with van der Waals surface area (Å²) in [6.45, 7) is 2.04. The first kappa shape index (κ1) is 21.0. The fourth-order valence-corrected chi connectivity index (χ4v) is 4.49. The molecule has 1 heterocycles. The molecule has 0 aromatic heterocycles. The predicted molar refractivity (Wildman–Crippen MR) is 117 cm³/mol. The number of benzene rings is 2. The fourth-order valence-electron chi connectivity index (χ4n) is 4.49. The Morgan fingerprint density at radius 2 is 2.06 bits per heavy atom. The average Bonchev–Trinajstić information content (AvgIpc) is 2.76. The van der Waals surface area contributed by atoms with Crippen LogP contribution in [0.4, 0.5) is 4.39 Å². The normalized spacial score (nSPS) is 20.3. The van der Waals surface area contributed by atoms with Crippen LogP contribution in [-0.2, 0) is 17.8 Å². The van der Waals surface area contributed by atoms with Crippen molar-refractivity contribution in [2.75, 3.05) is 7.11 Å². The first-order chi connectivity index (χ1) is 14.9. The van der Waals surface area contributed by atoms with Gasteiger partial charge in [0, 0.05) is 41.9 Å². The Hall–Kier alpha value is -3.21. The first-order valence-electron chi connectivity index (χ1n) is 10.6. The van der Waals surface area contributed by atoms with Gasteiger partial charge in [-0.2, -0.15) is 0 Å². The second-order valence-corrected chi connectivity index (χ2v) is 8.25. The zero-order valence-corrected chi connectivity index (χ0v) is 17.8. The van der Waals surface area contributed by atoms with E-state index in [1.165, 1.54) is 12.1 Å². The number of allylic oxidation sites excluding steroid dienone is 2. The number of fused-ring (bicyclic) bond motifs is 1. The van der Waals surface area contributed by atoms with E-state index in [4.69, 9.17) is 4.74 Å². The monoisotopic (exact) mass is 419 g/mol. The minimum atomic E-state index is -0.277. The van der Waals surface area contributed by atoms with Gasteiger partial charge in [-0.25, -0.2) is 4.39 Å². The maximum absolute atomic E-state index is 13.5. The minimum absolute atomic E-state index is 0.00742. The number of carbonyl (C=O) groups excluding carboxylic acids is 2. The van der Waals surface area contributed by atoms with Gasteiger partial charge in [-0.1, -0.05) is 18.2 Å². The summed E-state index contributed by atoms with van der Waals surface area (Å²) >= 11 is 0. The molecule has 160 valence electrons. The number of carbonyl (C=O) groups is 2. The largest absolute Gasteiger partial charge is 0.497 e. The Bertz CT molecular complexity index is 1070. The molecule has 0 amide bonds. The number of ether oxygens (including phenoxy) is 1.